The van der Waals surface area contributed by atoms with Gasteiger partial charge in [-0.25, -0.2) is 13.1 Å². The Morgan fingerprint density at radius 2 is 1.94 bits per heavy atom. The third-order valence-corrected chi connectivity index (χ3v) is 4.95. The van der Waals surface area contributed by atoms with E-state index in [0.29, 0.717) is 11.4 Å². The zero-order chi connectivity index (χ0) is 13.8. The molecule has 0 aliphatic carbocycles. The van der Waals surface area contributed by atoms with Crippen LogP contribution in [0.4, 0.5) is 0 Å². The lowest BCUT2D eigenvalue weighted by Gasteiger charge is -2.27. The van der Waals surface area contributed by atoms with Gasteiger partial charge < -0.3 is 10.3 Å². The molecule has 0 radical (unpaired) electrons. The van der Waals surface area contributed by atoms with E-state index in [1.807, 2.05) is 27.8 Å². The molecular weight excluding hydrogens is 250 g/mol. The second-order valence-electron chi connectivity index (χ2n) is 4.76. The molecule has 0 bridgehead atoms. The molecule has 0 unspecified atom stereocenters. The van der Waals surface area contributed by atoms with Gasteiger partial charge in [0.05, 0.1) is 4.90 Å². The quantitative estimate of drug-likeness (QED) is 0.706. The Kier molecular flexibility index (Phi) is 4.95. The Morgan fingerprint density at radius 3 is 2.44 bits per heavy atom. The fourth-order valence-corrected chi connectivity index (χ4v) is 3.21. The molecule has 0 aromatic carbocycles. The summed E-state index contributed by atoms with van der Waals surface area (Å²) in [4.78, 5) is 3.25. The van der Waals surface area contributed by atoms with Crippen molar-refractivity contribution in [2.45, 2.75) is 50.6 Å². The Labute approximate surface area is 109 Å². The summed E-state index contributed by atoms with van der Waals surface area (Å²) in [5, 5.41) is 2.97. The molecule has 5 nitrogen and oxygen atoms in total. The van der Waals surface area contributed by atoms with E-state index >= 15 is 0 Å². The number of rotatable bonds is 7. The lowest BCUT2D eigenvalue weighted by atomic mass is 9.98. The van der Waals surface area contributed by atoms with Gasteiger partial charge in [0, 0.05) is 24.0 Å². The minimum absolute atomic E-state index is 0.292. The Hall–Kier alpha value is -0.850. The highest BCUT2D eigenvalue weighted by atomic mass is 32.2. The van der Waals surface area contributed by atoms with E-state index in [1.165, 1.54) is 6.20 Å². The molecule has 0 amide bonds. The molecule has 0 aliphatic rings. The second kappa shape index (κ2) is 5.86. The van der Waals surface area contributed by atoms with Crippen LogP contribution in [0.2, 0.25) is 0 Å². The van der Waals surface area contributed by atoms with Crippen molar-refractivity contribution in [2.75, 3.05) is 7.05 Å². The van der Waals surface area contributed by atoms with Crippen molar-refractivity contribution in [3.8, 4) is 0 Å². The monoisotopic (exact) mass is 273 g/mol. The van der Waals surface area contributed by atoms with Crippen molar-refractivity contribution in [3.05, 3.63) is 18.0 Å². The summed E-state index contributed by atoms with van der Waals surface area (Å²) in [5.41, 5.74) is 0.465. The fourth-order valence-electron chi connectivity index (χ4n) is 1.64. The van der Waals surface area contributed by atoms with Gasteiger partial charge in [-0.1, -0.05) is 13.8 Å². The van der Waals surface area contributed by atoms with Crippen molar-refractivity contribution in [1.82, 2.24) is 15.0 Å². The second-order valence-corrected chi connectivity index (χ2v) is 6.45. The summed E-state index contributed by atoms with van der Waals surface area (Å²) < 4.78 is 27.2. The van der Waals surface area contributed by atoms with E-state index < -0.39 is 10.0 Å². The van der Waals surface area contributed by atoms with Crippen molar-refractivity contribution in [1.29, 1.82) is 0 Å². The smallest absolute Gasteiger partial charge is 0.242 e. The van der Waals surface area contributed by atoms with E-state index in [4.69, 9.17) is 0 Å². The summed E-state index contributed by atoms with van der Waals surface area (Å²) in [6.07, 6.45) is 3.05. The van der Waals surface area contributed by atoms with Crippen LogP contribution >= 0.6 is 0 Å². The van der Waals surface area contributed by atoms with Crippen LogP contribution in [0, 0.1) is 0 Å². The van der Waals surface area contributed by atoms with E-state index in [-0.39, 0.29) is 5.54 Å². The Bertz CT molecular complexity index is 475. The maximum absolute atomic E-state index is 12.2. The minimum Gasteiger partial charge on any atom is -0.363 e. The van der Waals surface area contributed by atoms with Crippen LogP contribution in [0.1, 0.15) is 39.3 Å². The normalized spacial score (nSPS) is 12.9. The van der Waals surface area contributed by atoms with Crippen LogP contribution in [0.15, 0.2) is 17.2 Å². The van der Waals surface area contributed by atoms with Crippen molar-refractivity contribution < 1.29 is 8.42 Å². The lowest BCUT2D eigenvalue weighted by molar-refractivity contribution is 0.389. The zero-order valence-corrected chi connectivity index (χ0v) is 12.3. The van der Waals surface area contributed by atoms with Crippen LogP contribution in [-0.2, 0) is 16.6 Å². The molecule has 0 saturated carbocycles. The van der Waals surface area contributed by atoms with Gasteiger partial charge in [0.1, 0.15) is 0 Å². The summed E-state index contributed by atoms with van der Waals surface area (Å²) in [6, 6.07) is 1.66. The number of aromatic amines is 1. The largest absolute Gasteiger partial charge is 0.363 e. The number of hydrogen-bond acceptors (Lipinski definition) is 3. The highest BCUT2D eigenvalue weighted by Crippen LogP contribution is 2.19. The Morgan fingerprint density at radius 1 is 1.33 bits per heavy atom. The first-order valence-electron chi connectivity index (χ1n) is 6.22. The van der Waals surface area contributed by atoms with Gasteiger partial charge in [-0.15, -0.1) is 0 Å². The third kappa shape index (κ3) is 3.57. The fraction of sp³-hybridized carbons (Fsp3) is 0.667. The van der Waals surface area contributed by atoms with E-state index in [0.717, 1.165) is 18.5 Å². The summed E-state index contributed by atoms with van der Waals surface area (Å²) >= 11 is 0. The molecule has 1 heterocycles. The van der Waals surface area contributed by atoms with Gasteiger partial charge in [-0.05, 0) is 32.9 Å². The van der Waals surface area contributed by atoms with Gasteiger partial charge in [0.25, 0.3) is 0 Å². The number of hydrogen-bond donors (Lipinski definition) is 3. The van der Waals surface area contributed by atoms with Gasteiger partial charge >= 0.3 is 0 Å². The average molecular weight is 273 g/mol. The SMILES string of the molecule is CCC(C)(CC)NS(=O)(=O)c1c[nH]c(CNC)c1. The third-order valence-electron chi connectivity index (χ3n) is 3.34. The van der Waals surface area contributed by atoms with Crippen LogP contribution in [-0.4, -0.2) is 26.0 Å². The maximum Gasteiger partial charge on any atom is 0.242 e. The minimum atomic E-state index is -3.45. The molecular formula is C12H23N3O2S. The molecule has 18 heavy (non-hydrogen) atoms. The van der Waals surface area contributed by atoms with E-state index in [2.05, 4.69) is 15.0 Å². The highest BCUT2D eigenvalue weighted by Gasteiger charge is 2.27. The molecule has 104 valence electrons. The predicted octanol–water partition coefficient (Wildman–Crippen LogP) is 1.59. The molecule has 0 atom stereocenters. The standard InChI is InChI=1S/C12H23N3O2S/c1-5-12(3,6-2)15-18(16,17)11-7-10(8-13-4)14-9-11/h7,9,13-15H,5-6,8H2,1-4H3. The summed E-state index contributed by atoms with van der Waals surface area (Å²) in [5.74, 6) is 0. The molecule has 1 aromatic rings. The summed E-state index contributed by atoms with van der Waals surface area (Å²) in [6.45, 7) is 6.51. The van der Waals surface area contributed by atoms with Gasteiger partial charge in [0.15, 0.2) is 0 Å². The molecule has 1 aromatic heterocycles. The highest BCUT2D eigenvalue weighted by molar-refractivity contribution is 7.89. The van der Waals surface area contributed by atoms with Crippen LogP contribution < -0.4 is 10.0 Å². The lowest BCUT2D eigenvalue weighted by Crippen LogP contribution is -2.44. The topological polar surface area (TPSA) is 74.0 Å². The van der Waals surface area contributed by atoms with Crippen molar-refractivity contribution in [2.24, 2.45) is 0 Å². The Balaban J connectivity index is 2.92. The molecule has 0 spiro atoms. The predicted molar refractivity (Wildman–Crippen MR) is 72.9 cm³/mol. The number of nitrogens with one attached hydrogen (secondary N) is 3. The average Bonchev–Trinajstić information content (AvgIpc) is 2.78. The number of H-pyrrole nitrogens is 1. The molecule has 6 heteroatoms. The first kappa shape index (κ1) is 15.2. The van der Waals surface area contributed by atoms with E-state index in [1.54, 1.807) is 6.07 Å². The first-order chi connectivity index (χ1) is 8.37. The molecule has 0 fully saturated rings. The van der Waals surface area contributed by atoms with Crippen LogP contribution in [0.3, 0.4) is 0 Å². The molecule has 1 rings (SSSR count). The zero-order valence-electron chi connectivity index (χ0n) is 11.5. The van der Waals surface area contributed by atoms with Crippen molar-refractivity contribution >= 4 is 10.0 Å². The van der Waals surface area contributed by atoms with Gasteiger partial charge in [-0.2, -0.15) is 0 Å². The maximum atomic E-state index is 12.2. The van der Waals surface area contributed by atoms with Gasteiger partial charge in [-0.3, -0.25) is 0 Å². The van der Waals surface area contributed by atoms with Gasteiger partial charge in [0.2, 0.25) is 10.0 Å². The van der Waals surface area contributed by atoms with Crippen LogP contribution in [0.25, 0.3) is 0 Å². The molecule has 0 aliphatic heterocycles. The molecule has 3 N–H and O–H groups in total. The molecule has 0 saturated heterocycles. The first-order valence-corrected chi connectivity index (χ1v) is 7.71. The van der Waals surface area contributed by atoms with Crippen molar-refractivity contribution in [3.63, 3.8) is 0 Å². The van der Waals surface area contributed by atoms with Crippen LogP contribution in [0.5, 0.6) is 0 Å². The number of sulfonamides is 1. The summed E-state index contributed by atoms with van der Waals surface area (Å²) in [7, 11) is -1.63. The number of aromatic nitrogens is 1. The van der Waals surface area contributed by atoms with E-state index in [9.17, 15) is 8.42 Å².